The van der Waals surface area contributed by atoms with Gasteiger partial charge in [0.2, 0.25) is 0 Å². The molecule has 3 nitrogen and oxygen atoms in total. The Hall–Kier alpha value is -2.94. The summed E-state index contributed by atoms with van der Waals surface area (Å²) in [6.45, 7) is 7.66. The molecule has 3 heteroatoms. The highest BCUT2D eigenvalue weighted by atomic mass is 15.2. The van der Waals surface area contributed by atoms with Crippen LogP contribution in [0.4, 0.5) is 0 Å². The molecule has 5 rings (SSSR count). The molecule has 0 amide bonds. The zero-order valence-electron chi connectivity index (χ0n) is 15.4. The Balaban J connectivity index is 1.96. The van der Waals surface area contributed by atoms with Gasteiger partial charge in [0, 0.05) is 22.8 Å². The van der Waals surface area contributed by atoms with E-state index in [0.717, 1.165) is 12.4 Å². The summed E-state index contributed by atoms with van der Waals surface area (Å²) < 4.78 is 2.36. The van der Waals surface area contributed by atoms with Crippen LogP contribution in [0.3, 0.4) is 0 Å². The molecule has 0 saturated carbocycles. The number of dihydropyridines is 1. The SMILES string of the molecule is CC(C)(C)c1ccc2c(c1)c1[nH]c3ccccc3c1n2C1=CC=CCN1. The number of allylic oxidation sites excluding steroid dienone is 2. The zero-order valence-corrected chi connectivity index (χ0v) is 15.4. The quantitative estimate of drug-likeness (QED) is 0.469. The second kappa shape index (κ2) is 5.28. The minimum atomic E-state index is 0.125. The van der Waals surface area contributed by atoms with E-state index in [1.54, 1.807) is 0 Å². The van der Waals surface area contributed by atoms with Crippen molar-refractivity contribution >= 4 is 38.7 Å². The molecule has 0 aliphatic carbocycles. The molecule has 4 aromatic rings. The van der Waals surface area contributed by atoms with Crippen molar-refractivity contribution in [1.29, 1.82) is 0 Å². The summed E-state index contributed by atoms with van der Waals surface area (Å²) >= 11 is 0. The Morgan fingerprint density at radius 1 is 1.00 bits per heavy atom. The first-order valence-corrected chi connectivity index (χ1v) is 9.20. The van der Waals surface area contributed by atoms with Gasteiger partial charge in [-0.15, -0.1) is 0 Å². The molecule has 0 saturated heterocycles. The Morgan fingerprint density at radius 3 is 2.62 bits per heavy atom. The molecule has 0 spiro atoms. The predicted octanol–water partition coefficient (Wildman–Crippen LogP) is 5.53. The van der Waals surface area contributed by atoms with Gasteiger partial charge in [-0.25, -0.2) is 0 Å². The molecular weight excluding hydrogens is 318 g/mol. The maximum absolute atomic E-state index is 3.67. The molecule has 0 bridgehead atoms. The summed E-state index contributed by atoms with van der Waals surface area (Å²) in [5.74, 6) is 1.13. The summed E-state index contributed by atoms with van der Waals surface area (Å²) in [6, 6.07) is 15.4. The van der Waals surface area contributed by atoms with Gasteiger partial charge in [0.1, 0.15) is 5.82 Å². The lowest BCUT2D eigenvalue weighted by atomic mass is 9.86. The van der Waals surface area contributed by atoms with Crippen molar-refractivity contribution in [3.63, 3.8) is 0 Å². The molecular formula is C23H23N3. The van der Waals surface area contributed by atoms with E-state index in [1.807, 2.05) is 0 Å². The van der Waals surface area contributed by atoms with E-state index in [-0.39, 0.29) is 5.41 Å². The third-order valence-electron chi connectivity index (χ3n) is 5.31. The van der Waals surface area contributed by atoms with Crippen LogP contribution < -0.4 is 5.32 Å². The fourth-order valence-electron chi connectivity index (χ4n) is 3.93. The normalized spacial score (nSPS) is 15.0. The molecule has 2 N–H and O–H groups in total. The summed E-state index contributed by atoms with van der Waals surface area (Å²) in [7, 11) is 0. The lowest BCUT2D eigenvalue weighted by molar-refractivity contribution is 0.591. The number of hydrogen-bond donors (Lipinski definition) is 2. The van der Waals surface area contributed by atoms with Crippen LogP contribution in [0.15, 0.2) is 60.7 Å². The second-order valence-corrected chi connectivity index (χ2v) is 8.07. The number of fused-ring (bicyclic) bond motifs is 5. The van der Waals surface area contributed by atoms with Crippen LogP contribution in [0.25, 0.3) is 38.7 Å². The van der Waals surface area contributed by atoms with E-state index >= 15 is 0 Å². The Kier molecular flexibility index (Phi) is 3.11. The topological polar surface area (TPSA) is 32.8 Å². The molecule has 1 aliphatic rings. The minimum Gasteiger partial charge on any atom is -0.368 e. The minimum absolute atomic E-state index is 0.125. The summed E-state index contributed by atoms with van der Waals surface area (Å²) in [5.41, 5.74) is 6.36. The summed E-state index contributed by atoms with van der Waals surface area (Å²) in [6.07, 6.45) is 6.42. The molecule has 1 aliphatic heterocycles. The third-order valence-corrected chi connectivity index (χ3v) is 5.31. The summed E-state index contributed by atoms with van der Waals surface area (Å²) in [4.78, 5) is 3.67. The predicted molar refractivity (Wildman–Crippen MR) is 111 cm³/mol. The van der Waals surface area contributed by atoms with Gasteiger partial charge in [-0.05, 0) is 35.3 Å². The Labute approximate surface area is 153 Å². The third kappa shape index (κ3) is 2.13. The number of benzene rings is 2. The van der Waals surface area contributed by atoms with Crippen molar-refractivity contribution in [2.45, 2.75) is 26.2 Å². The number of nitrogens with zero attached hydrogens (tertiary/aromatic N) is 1. The largest absolute Gasteiger partial charge is 0.368 e. The Bertz CT molecular complexity index is 1210. The van der Waals surface area contributed by atoms with Crippen LogP contribution in [-0.4, -0.2) is 16.1 Å². The average molecular weight is 341 g/mol. The van der Waals surface area contributed by atoms with Crippen LogP contribution in [-0.2, 0) is 5.41 Å². The smallest absolute Gasteiger partial charge is 0.111 e. The number of hydrogen-bond acceptors (Lipinski definition) is 1. The number of aromatic nitrogens is 2. The van der Waals surface area contributed by atoms with Gasteiger partial charge in [-0.3, -0.25) is 4.57 Å². The molecule has 3 heterocycles. The van der Waals surface area contributed by atoms with E-state index in [4.69, 9.17) is 0 Å². The summed E-state index contributed by atoms with van der Waals surface area (Å²) in [5, 5.41) is 6.06. The van der Waals surface area contributed by atoms with Crippen molar-refractivity contribution < 1.29 is 0 Å². The number of para-hydroxylation sites is 1. The monoisotopic (exact) mass is 341 g/mol. The maximum atomic E-state index is 3.67. The first-order valence-electron chi connectivity index (χ1n) is 9.20. The van der Waals surface area contributed by atoms with Crippen LogP contribution >= 0.6 is 0 Å². The van der Waals surface area contributed by atoms with Crippen LogP contribution in [0.1, 0.15) is 26.3 Å². The second-order valence-electron chi connectivity index (χ2n) is 8.07. The zero-order chi connectivity index (χ0) is 17.9. The van der Waals surface area contributed by atoms with E-state index in [2.05, 4.69) is 96.3 Å². The van der Waals surface area contributed by atoms with E-state index < -0.39 is 0 Å². The van der Waals surface area contributed by atoms with Gasteiger partial charge >= 0.3 is 0 Å². The number of rotatable bonds is 1. The van der Waals surface area contributed by atoms with Gasteiger partial charge in [0.15, 0.2) is 0 Å². The highest BCUT2D eigenvalue weighted by molar-refractivity contribution is 6.19. The van der Waals surface area contributed by atoms with Crippen molar-refractivity contribution in [3.05, 3.63) is 66.3 Å². The lowest BCUT2D eigenvalue weighted by Gasteiger charge is -2.20. The van der Waals surface area contributed by atoms with Crippen LogP contribution in [0, 0.1) is 0 Å². The van der Waals surface area contributed by atoms with Crippen LogP contribution in [0.2, 0.25) is 0 Å². The molecule has 2 aromatic carbocycles. The highest BCUT2D eigenvalue weighted by Crippen LogP contribution is 2.38. The van der Waals surface area contributed by atoms with Crippen molar-refractivity contribution in [2.75, 3.05) is 6.54 Å². The Morgan fingerprint density at radius 2 is 1.85 bits per heavy atom. The van der Waals surface area contributed by atoms with E-state index in [1.165, 1.54) is 38.4 Å². The lowest BCUT2D eigenvalue weighted by Crippen LogP contribution is -2.19. The van der Waals surface area contributed by atoms with Gasteiger partial charge < -0.3 is 10.3 Å². The van der Waals surface area contributed by atoms with Crippen molar-refractivity contribution in [1.82, 2.24) is 14.9 Å². The van der Waals surface area contributed by atoms with Crippen molar-refractivity contribution in [2.24, 2.45) is 0 Å². The molecule has 0 atom stereocenters. The fourth-order valence-corrected chi connectivity index (χ4v) is 3.93. The first kappa shape index (κ1) is 15.3. The molecule has 0 unspecified atom stereocenters. The molecule has 0 fully saturated rings. The van der Waals surface area contributed by atoms with E-state index in [0.29, 0.717) is 0 Å². The average Bonchev–Trinajstić information content (AvgIpc) is 3.16. The first-order chi connectivity index (χ1) is 12.5. The molecule has 2 aromatic heterocycles. The maximum Gasteiger partial charge on any atom is 0.111 e. The number of nitrogens with one attached hydrogen (secondary N) is 2. The van der Waals surface area contributed by atoms with Gasteiger partial charge in [0.25, 0.3) is 0 Å². The molecule has 26 heavy (non-hydrogen) atoms. The van der Waals surface area contributed by atoms with Crippen molar-refractivity contribution in [3.8, 4) is 0 Å². The number of H-pyrrole nitrogens is 1. The number of aromatic amines is 1. The highest BCUT2D eigenvalue weighted by Gasteiger charge is 2.21. The molecule has 130 valence electrons. The standard InChI is InChI=1S/C23H23N3/c1-23(2,3)15-11-12-19-17(14-15)21-22(16-8-4-5-9-18(16)25-21)26(19)20-10-6-7-13-24-20/h4-12,14,24-25H,13H2,1-3H3. The fraction of sp³-hybridized carbons (Fsp3) is 0.217. The van der Waals surface area contributed by atoms with Gasteiger partial charge in [-0.2, -0.15) is 0 Å². The van der Waals surface area contributed by atoms with Gasteiger partial charge in [-0.1, -0.05) is 57.2 Å². The van der Waals surface area contributed by atoms with Crippen LogP contribution in [0.5, 0.6) is 0 Å². The van der Waals surface area contributed by atoms with Gasteiger partial charge in [0.05, 0.1) is 16.6 Å². The van der Waals surface area contributed by atoms with E-state index in [9.17, 15) is 0 Å². The molecule has 0 radical (unpaired) electrons.